The van der Waals surface area contributed by atoms with Crippen LogP contribution in [-0.2, 0) is 4.43 Å². The number of hydrogen-bond acceptors (Lipinski definition) is 1. The Hall–Kier alpha value is -1.72. The van der Waals surface area contributed by atoms with Crippen LogP contribution in [0.3, 0.4) is 0 Å². The lowest BCUT2D eigenvalue weighted by Crippen LogP contribution is -2.22. The zero-order chi connectivity index (χ0) is 17.1. The van der Waals surface area contributed by atoms with Crippen LogP contribution in [0.2, 0.25) is 19.6 Å². The molecule has 0 N–H and O–H groups in total. The van der Waals surface area contributed by atoms with Gasteiger partial charge in [-0.25, -0.2) is 0 Å². The maximum Gasteiger partial charge on any atom is 0.241 e. The Kier molecular flexibility index (Phi) is 8.51. The lowest BCUT2D eigenvalue weighted by molar-refractivity contribution is 0.475. The molecule has 0 saturated heterocycles. The van der Waals surface area contributed by atoms with E-state index in [4.69, 9.17) is 4.43 Å². The van der Waals surface area contributed by atoms with Gasteiger partial charge in [0.15, 0.2) is 0 Å². The molecular formula is C21H30OSi. The quantitative estimate of drug-likeness (QED) is 0.331. The highest BCUT2D eigenvalue weighted by atomic mass is 28.4. The predicted octanol–water partition coefficient (Wildman–Crippen LogP) is 6.16. The molecule has 2 heteroatoms. The van der Waals surface area contributed by atoms with Gasteiger partial charge >= 0.3 is 0 Å². The second-order valence-corrected chi connectivity index (χ2v) is 11.3. The number of unbranched alkanes of at least 4 members (excludes halogenated alkanes) is 1. The SMILES string of the molecule is CCCC/C(C#Cc1ccccc1)=C/C(C)/C=C\O[Si](C)(C)C. The summed E-state index contributed by atoms with van der Waals surface area (Å²) in [6.45, 7) is 11.0. The van der Waals surface area contributed by atoms with Crippen molar-refractivity contribution in [2.75, 3.05) is 0 Å². The molecule has 0 radical (unpaired) electrons. The van der Waals surface area contributed by atoms with E-state index < -0.39 is 8.32 Å². The van der Waals surface area contributed by atoms with Crippen LogP contribution in [0.5, 0.6) is 0 Å². The molecule has 1 aromatic rings. The molecule has 23 heavy (non-hydrogen) atoms. The second kappa shape index (κ2) is 10.1. The summed E-state index contributed by atoms with van der Waals surface area (Å²) in [5, 5.41) is 0. The van der Waals surface area contributed by atoms with E-state index in [1.165, 1.54) is 18.4 Å². The van der Waals surface area contributed by atoms with Crippen molar-refractivity contribution in [3.63, 3.8) is 0 Å². The lowest BCUT2D eigenvalue weighted by Gasteiger charge is -2.15. The number of hydrogen-bond donors (Lipinski definition) is 0. The van der Waals surface area contributed by atoms with Gasteiger partial charge < -0.3 is 4.43 Å². The van der Waals surface area contributed by atoms with E-state index in [1.807, 2.05) is 24.5 Å². The summed E-state index contributed by atoms with van der Waals surface area (Å²) < 4.78 is 5.79. The highest BCUT2D eigenvalue weighted by Crippen LogP contribution is 2.13. The van der Waals surface area contributed by atoms with Gasteiger partial charge in [0.25, 0.3) is 0 Å². The van der Waals surface area contributed by atoms with Crippen molar-refractivity contribution in [2.24, 2.45) is 5.92 Å². The molecule has 0 amide bonds. The van der Waals surface area contributed by atoms with E-state index >= 15 is 0 Å². The van der Waals surface area contributed by atoms with Gasteiger partial charge in [-0.05, 0) is 62.2 Å². The van der Waals surface area contributed by atoms with Crippen molar-refractivity contribution in [3.8, 4) is 11.8 Å². The Morgan fingerprint density at radius 3 is 2.52 bits per heavy atom. The fraction of sp³-hybridized carbons (Fsp3) is 0.429. The normalized spacial score (nSPS) is 13.5. The van der Waals surface area contributed by atoms with Gasteiger partial charge in [0.2, 0.25) is 8.32 Å². The molecule has 0 saturated carbocycles. The first-order valence-corrected chi connectivity index (χ1v) is 11.9. The highest BCUT2D eigenvalue weighted by molar-refractivity contribution is 6.69. The van der Waals surface area contributed by atoms with Crippen LogP contribution in [0.25, 0.3) is 0 Å². The molecule has 1 aromatic carbocycles. The summed E-state index contributed by atoms with van der Waals surface area (Å²) in [5.41, 5.74) is 2.29. The Labute approximate surface area is 143 Å². The lowest BCUT2D eigenvalue weighted by atomic mass is 10.0. The van der Waals surface area contributed by atoms with Crippen molar-refractivity contribution in [3.05, 3.63) is 59.9 Å². The average Bonchev–Trinajstić information content (AvgIpc) is 2.49. The summed E-state index contributed by atoms with van der Waals surface area (Å²) in [6, 6.07) is 10.2. The topological polar surface area (TPSA) is 9.23 Å². The van der Waals surface area contributed by atoms with Crippen LogP contribution < -0.4 is 0 Å². The third-order valence-corrected chi connectivity index (χ3v) is 4.05. The van der Waals surface area contributed by atoms with E-state index in [2.05, 4.69) is 69.6 Å². The van der Waals surface area contributed by atoms with Gasteiger partial charge in [0, 0.05) is 5.56 Å². The first-order chi connectivity index (χ1) is 10.9. The molecule has 0 aliphatic carbocycles. The van der Waals surface area contributed by atoms with Crippen molar-refractivity contribution in [2.45, 2.75) is 52.8 Å². The predicted molar refractivity (Wildman–Crippen MR) is 104 cm³/mol. The summed E-state index contributed by atoms with van der Waals surface area (Å²) >= 11 is 0. The molecular weight excluding hydrogens is 296 g/mol. The van der Waals surface area contributed by atoms with Crippen molar-refractivity contribution < 1.29 is 4.43 Å². The standard InChI is InChI=1S/C21H30OSi/c1-6-7-11-21(15-14-20-12-9-8-10-13-20)18-19(2)16-17-22-23(3,4)5/h8-10,12-13,16-19H,6-7,11H2,1-5H3/b17-16-,21-18-. The van der Waals surface area contributed by atoms with Crippen LogP contribution in [0, 0.1) is 17.8 Å². The van der Waals surface area contributed by atoms with Gasteiger partial charge in [-0.1, -0.05) is 56.4 Å². The first kappa shape index (κ1) is 19.3. The average molecular weight is 327 g/mol. The van der Waals surface area contributed by atoms with Gasteiger partial charge in [-0.2, -0.15) is 0 Å². The second-order valence-electron chi connectivity index (χ2n) is 6.83. The fourth-order valence-electron chi connectivity index (χ4n) is 1.97. The molecule has 0 aliphatic heterocycles. The van der Waals surface area contributed by atoms with Crippen molar-refractivity contribution in [1.82, 2.24) is 0 Å². The van der Waals surface area contributed by atoms with E-state index in [0.29, 0.717) is 5.92 Å². The molecule has 1 unspecified atom stereocenters. The smallest absolute Gasteiger partial charge is 0.241 e. The third kappa shape index (κ3) is 9.81. The minimum absolute atomic E-state index is 0.336. The molecule has 0 spiro atoms. The maximum atomic E-state index is 5.79. The Balaban J connectivity index is 2.78. The fourth-order valence-corrected chi connectivity index (χ4v) is 2.46. The number of benzene rings is 1. The largest absolute Gasteiger partial charge is 0.550 e. The summed E-state index contributed by atoms with van der Waals surface area (Å²) in [4.78, 5) is 0. The minimum Gasteiger partial charge on any atom is -0.550 e. The minimum atomic E-state index is -1.48. The molecule has 1 rings (SSSR count). The molecule has 0 bridgehead atoms. The zero-order valence-corrected chi connectivity index (χ0v) is 16.2. The van der Waals surface area contributed by atoms with Crippen LogP contribution in [0.15, 0.2) is 54.3 Å². The number of rotatable bonds is 7. The van der Waals surface area contributed by atoms with E-state index in [0.717, 1.165) is 12.0 Å². The van der Waals surface area contributed by atoms with Crippen molar-refractivity contribution in [1.29, 1.82) is 0 Å². The first-order valence-electron chi connectivity index (χ1n) is 8.53. The number of allylic oxidation sites excluding steroid dienone is 3. The van der Waals surface area contributed by atoms with Crippen LogP contribution in [0.4, 0.5) is 0 Å². The van der Waals surface area contributed by atoms with Crippen LogP contribution >= 0.6 is 0 Å². The summed E-state index contributed by atoms with van der Waals surface area (Å²) in [5.74, 6) is 6.96. The summed E-state index contributed by atoms with van der Waals surface area (Å²) in [6.07, 6.45) is 9.66. The summed E-state index contributed by atoms with van der Waals surface area (Å²) in [7, 11) is -1.48. The van der Waals surface area contributed by atoms with Gasteiger partial charge in [0.05, 0.1) is 6.26 Å². The van der Waals surface area contributed by atoms with Crippen molar-refractivity contribution >= 4 is 8.32 Å². The Morgan fingerprint density at radius 2 is 1.91 bits per heavy atom. The van der Waals surface area contributed by atoms with Gasteiger partial charge in [-0.15, -0.1) is 0 Å². The highest BCUT2D eigenvalue weighted by Gasteiger charge is 2.12. The Morgan fingerprint density at radius 1 is 1.22 bits per heavy atom. The molecule has 0 heterocycles. The molecule has 0 fully saturated rings. The van der Waals surface area contributed by atoms with E-state index in [-0.39, 0.29) is 0 Å². The monoisotopic (exact) mass is 326 g/mol. The van der Waals surface area contributed by atoms with Crippen LogP contribution in [-0.4, -0.2) is 8.32 Å². The van der Waals surface area contributed by atoms with Gasteiger partial charge in [-0.3, -0.25) is 0 Å². The van der Waals surface area contributed by atoms with E-state index in [1.54, 1.807) is 0 Å². The maximum absolute atomic E-state index is 5.79. The van der Waals surface area contributed by atoms with E-state index in [9.17, 15) is 0 Å². The molecule has 1 nitrogen and oxygen atoms in total. The Bertz CT molecular complexity index is 567. The molecule has 0 aromatic heterocycles. The molecule has 1 atom stereocenters. The molecule has 0 aliphatic rings. The van der Waals surface area contributed by atoms with Gasteiger partial charge in [0.1, 0.15) is 0 Å². The van der Waals surface area contributed by atoms with Crippen LogP contribution in [0.1, 0.15) is 38.7 Å². The third-order valence-electron chi connectivity index (χ3n) is 3.21. The molecule has 124 valence electrons. The zero-order valence-electron chi connectivity index (χ0n) is 15.2.